The summed E-state index contributed by atoms with van der Waals surface area (Å²) in [5, 5.41) is 7.74. The standard InChI is InChI=1S/C11H10N4O2/c12-10(16)7-17-11-5-4-9(14-15-11)8-3-1-2-6-13-8/h1-6H,7H2,(H2,12,16). The van der Waals surface area contributed by atoms with E-state index in [4.69, 9.17) is 10.5 Å². The molecule has 6 heteroatoms. The Morgan fingerprint density at radius 3 is 2.65 bits per heavy atom. The first-order valence-corrected chi connectivity index (χ1v) is 4.92. The van der Waals surface area contributed by atoms with Gasteiger partial charge in [-0.3, -0.25) is 9.78 Å². The fourth-order valence-electron chi connectivity index (χ4n) is 1.19. The van der Waals surface area contributed by atoms with Crippen molar-refractivity contribution < 1.29 is 9.53 Å². The monoisotopic (exact) mass is 230 g/mol. The molecule has 2 heterocycles. The fourth-order valence-corrected chi connectivity index (χ4v) is 1.19. The van der Waals surface area contributed by atoms with Gasteiger partial charge in [-0.15, -0.1) is 10.2 Å². The van der Waals surface area contributed by atoms with Crippen LogP contribution < -0.4 is 10.5 Å². The molecule has 0 saturated heterocycles. The van der Waals surface area contributed by atoms with Gasteiger partial charge >= 0.3 is 0 Å². The quantitative estimate of drug-likeness (QED) is 0.821. The number of primary amides is 1. The first-order valence-electron chi connectivity index (χ1n) is 4.92. The number of aromatic nitrogens is 3. The molecule has 86 valence electrons. The Hall–Kier alpha value is -2.50. The zero-order chi connectivity index (χ0) is 12.1. The van der Waals surface area contributed by atoms with Crippen LogP contribution in [0.2, 0.25) is 0 Å². The molecule has 1 amide bonds. The van der Waals surface area contributed by atoms with Gasteiger partial charge in [0, 0.05) is 12.3 Å². The normalized spacial score (nSPS) is 9.88. The number of nitrogens with zero attached hydrogens (tertiary/aromatic N) is 3. The van der Waals surface area contributed by atoms with Crippen LogP contribution in [0.15, 0.2) is 36.5 Å². The van der Waals surface area contributed by atoms with Crippen molar-refractivity contribution in [2.75, 3.05) is 6.61 Å². The maximum absolute atomic E-state index is 10.5. The third kappa shape index (κ3) is 2.97. The van der Waals surface area contributed by atoms with Crippen molar-refractivity contribution in [3.05, 3.63) is 36.5 Å². The Balaban J connectivity index is 2.11. The van der Waals surface area contributed by atoms with E-state index in [-0.39, 0.29) is 12.5 Å². The van der Waals surface area contributed by atoms with E-state index in [1.165, 1.54) is 0 Å². The van der Waals surface area contributed by atoms with Crippen LogP contribution in [0, 0.1) is 0 Å². The Labute approximate surface area is 97.5 Å². The summed E-state index contributed by atoms with van der Waals surface area (Å²) in [6, 6.07) is 8.84. The van der Waals surface area contributed by atoms with Crippen LogP contribution in [-0.4, -0.2) is 27.7 Å². The van der Waals surface area contributed by atoms with E-state index < -0.39 is 5.91 Å². The molecule has 0 radical (unpaired) electrons. The van der Waals surface area contributed by atoms with Crippen LogP contribution in [-0.2, 0) is 4.79 Å². The molecule has 2 aromatic rings. The topological polar surface area (TPSA) is 91.0 Å². The van der Waals surface area contributed by atoms with Crippen molar-refractivity contribution in [2.45, 2.75) is 0 Å². The number of carbonyl (C=O) groups is 1. The number of amides is 1. The zero-order valence-electron chi connectivity index (χ0n) is 8.91. The molecule has 0 aliphatic heterocycles. The Morgan fingerprint density at radius 2 is 2.06 bits per heavy atom. The van der Waals surface area contributed by atoms with Gasteiger partial charge in [-0.2, -0.15) is 0 Å². The van der Waals surface area contributed by atoms with E-state index in [0.717, 1.165) is 5.69 Å². The van der Waals surface area contributed by atoms with Crippen LogP contribution >= 0.6 is 0 Å². The summed E-state index contributed by atoms with van der Waals surface area (Å²) in [4.78, 5) is 14.6. The first-order chi connectivity index (χ1) is 8.25. The van der Waals surface area contributed by atoms with Crippen molar-refractivity contribution in [2.24, 2.45) is 5.73 Å². The van der Waals surface area contributed by atoms with Gasteiger partial charge < -0.3 is 10.5 Å². The molecule has 0 aromatic carbocycles. The number of ether oxygens (including phenoxy) is 1. The molecule has 0 spiro atoms. The summed E-state index contributed by atoms with van der Waals surface area (Å²) in [6.45, 7) is -0.211. The summed E-state index contributed by atoms with van der Waals surface area (Å²) < 4.78 is 4.99. The van der Waals surface area contributed by atoms with Crippen LogP contribution in [0.3, 0.4) is 0 Å². The molecular formula is C11H10N4O2. The smallest absolute Gasteiger partial charge is 0.255 e. The molecular weight excluding hydrogens is 220 g/mol. The fraction of sp³-hybridized carbons (Fsp3) is 0.0909. The van der Waals surface area contributed by atoms with Gasteiger partial charge in [0.05, 0.1) is 5.69 Å². The Kier molecular flexibility index (Phi) is 3.25. The molecule has 0 saturated carbocycles. The van der Waals surface area contributed by atoms with Gasteiger partial charge in [-0.25, -0.2) is 0 Å². The number of hydrogen-bond acceptors (Lipinski definition) is 5. The summed E-state index contributed by atoms with van der Waals surface area (Å²) in [7, 11) is 0. The highest BCUT2D eigenvalue weighted by molar-refractivity contribution is 5.75. The minimum Gasteiger partial charge on any atom is -0.467 e. The third-order valence-corrected chi connectivity index (χ3v) is 1.93. The molecule has 0 atom stereocenters. The Morgan fingerprint density at radius 1 is 1.18 bits per heavy atom. The van der Waals surface area contributed by atoms with Crippen molar-refractivity contribution in [1.82, 2.24) is 15.2 Å². The second-order valence-corrected chi connectivity index (χ2v) is 3.23. The summed E-state index contributed by atoms with van der Waals surface area (Å²) in [5.74, 6) is -0.302. The van der Waals surface area contributed by atoms with Gasteiger partial charge in [0.15, 0.2) is 6.61 Å². The molecule has 2 rings (SSSR count). The van der Waals surface area contributed by atoms with Crippen LogP contribution in [0.5, 0.6) is 5.88 Å². The highest BCUT2D eigenvalue weighted by Gasteiger charge is 2.03. The van der Waals surface area contributed by atoms with Crippen LogP contribution in [0.1, 0.15) is 0 Å². The molecule has 6 nitrogen and oxygen atoms in total. The average molecular weight is 230 g/mol. The first kappa shape index (κ1) is 11.0. The molecule has 0 unspecified atom stereocenters. The summed E-state index contributed by atoms with van der Waals surface area (Å²) in [5.41, 5.74) is 6.30. The maximum atomic E-state index is 10.5. The van der Waals surface area contributed by atoms with Gasteiger partial charge in [0.1, 0.15) is 5.69 Å². The molecule has 0 aliphatic rings. The lowest BCUT2D eigenvalue weighted by atomic mass is 10.2. The third-order valence-electron chi connectivity index (χ3n) is 1.93. The maximum Gasteiger partial charge on any atom is 0.255 e. The molecule has 0 bridgehead atoms. The predicted molar refractivity (Wildman–Crippen MR) is 60.0 cm³/mol. The van der Waals surface area contributed by atoms with E-state index in [2.05, 4.69) is 15.2 Å². The lowest BCUT2D eigenvalue weighted by Crippen LogP contribution is -2.20. The minimum atomic E-state index is -0.555. The molecule has 0 fully saturated rings. The van der Waals surface area contributed by atoms with Gasteiger partial charge in [0.25, 0.3) is 5.91 Å². The molecule has 17 heavy (non-hydrogen) atoms. The van der Waals surface area contributed by atoms with Crippen LogP contribution in [0.25, 0.3) is 11.4 Å². The zero-order valence-corrected chi connectivity index (χ0v) is 8.91. The lowest BCUT2D eigenvalue weighted by molar-refractivity contribution is -0.120. The minimum absolute atomic E-state index is 0.211. The average Bonchev–Trinajstić information content (AvgIpc) is 2.38. The highest BCUT2D eigenvalue weighted by Crippen LogP contribution is 2.14. The lowest BCUT2D eigenvalue weighted by Gasteiger charge is -2.02. The number of pyridine rings is 1. The summed E-state index contributed by atoms with van der Waals surface area (Å²) in [6.07, 6.45) is 1.68. The number of nitrogens with two attached hydrogens (primary N) is 1. The van der Waals surface area contributed by atoms with Gasteiger partial charge in [-0.1, -0.05) is 6.07 Å². The summed E-state index contributed by atoms with van der Waals surface area (Å²) >= 11 is 0. The van der Waals surface area contributed by atoms with E-state index in [1.807, 2.05) is 18.2 Å². The van der Waals surface area contributed by atoms with Crippen molar-refractivity contribution in [3.63, 3.8) is 0 Å². The van der Waals surface area contributed by atoms with Gasteiger partial charge in [0.2, 0.25) is 5.88 Å². The van der Waals surface area contributed by atoms with Crippen molar-refractivity contribution >= 4 is 5.91 Å². The van der Waals surface area contributed by atoms with Crippen LogP contribution in [0.4, 0.5) is 0 Å². The van der Waals surface area contributed by atoms with E-state index in [9.17, 15) is 4.79 Å². The van der Waals surface area contributed by atoms with Crippen molar-refractivity contribution in [3.8, 4) is 17.3 Å². The van der Waals surface area contributed by atoms with E-state index in [0.29, 0.717) is 5.69 Å². The molecule has 0 aliphatic carbocycles. The van der Waals surface area contributed by atoms with E-state index in [1.54, 1.807) is 18.3 Å². The van der Waals surface area contributed by atoms with Gasteiger partial charge in [-0.05, 0) is 18.2 Å². The van der Waals surface area contributed by atoms with Crippen molar-refractivity contribution in [1.29, 1.82) is 0 Å². The largest absolute Gasteiger partial charge is 0.467 e. The SMILES string of the molecule is NC(=O)COc1ccc(-c2ccccn2)nn1. The predicted octanol–water partition coefficient (Wildman–Crippen LogP) is 0.403. The number of rotatable bonds is 4. The highest BCUT2D eigenvalue weighted by atomic mass is 16.5. The Bertz CT molecular complexity index is 499. The number of carbonyl (C=O) groups excluding carboxylic acids is 1. The van der Waals surface area contributed by atoms with E-state index >= 15 is 0 Å². The molecule has 2 aromatic heterocycles. The second-order valence-electron chi connectivity index (χ2n) is 3.23. The molecule has 2 N–H and O–H groups in total. The second kappa shape index (κ2) is 5.02. The number of hydrogen-bond donors (Lipinski definition) is 1.